The third-order valence-electron chi connectivity index (χ3n) is 3.72. The van der Waals surface area contributed by atoms with E-state index in [0.29, 0.717) is 10.0 Å². The van der Waals surface area contributed by atoms with Gasteiger partial charge in [-0.3, -0.25) is 4.79 Å². The number of carbonyl (C=O) groups excluding carboxylic acids is 1. The molecule has 0 bridgehead atoms. The number of nitrogens with two attached hydrogens (primary N) is 1. The van der Waals surface area contributed by atoms with Crippen LogP contribution in [0.4, 0.5) is 0 Å². The molecule has 0 aliphatic carbocycles. The van der Waals surface area contributed by atoms with Crippen LogP contribution in [0.25, 0.3) is 0 Å². The van der Waals surface area contributed by atoms with Gasteiger partial charge in [0.1, 0.15) is 0 Å². The molecule has 2 rings (SSSR count). The van der Waals surface area contributed by atoms with Crippen LogP contribution in [0.5, 0.6) is 0 Å². The van der Waals surface area contributed by atoms with Gasteiger partial charge >= 0.3 is 0 Å². The van der Waals surface area contributed by atoms with Crippen LogP contribution in [0.15, 0.2) is 48.5 Å². The quantitative estimate of drug-likeness (QED) is 0.787. The Morgan fingerprint density at radius 1 is 1.12 bits per heavy atom. The molecule has 0 aliphatic rings. The number of amides is 1. The zero-order chi connectivity index (χ0) is 17.5. The van der Waals surface area contributed by atoms with E-state index < -0.39 is 0 Å². The van der Waals surface area contributed by atoms with Crippen LogP contribution in [0.2, 0.25) is 10.0 Å². The predicted molar refractivity (Wildman–Crippen MR) is 97.4 cm³/mol. The monoisotopic (exact) mass is 366 g/mol. The van der Waals surface area contributed by atoms with E-state index in [2.05, 4.69) is 5.32 Å². The van der Waals surface area contributed by atoms with Crippen LogP contribution in [0, 0.1) is 0 Å². The molecule has 1 amide bonds. The second-order valence-electron chi connectivity index (χ2n) is 5.38. The minimum atomic E-state index is -0.330. The molecule has 2 unspecified atom stereocenters. The lowest BCUT2D eigenvalue weighted by Crippen LogP contribution is -2.34. The van der Waals surface area contributed by atoms with Crippen molar-refractivity contribution in [3.8, 4) is 0 Å². The summed E-state index contributed by atoms with van der Waals surface area (Å²) in [6.07, 6.45) is -0.118. The zero-order valence-corrected chi connectivity index (χ0v) is 14.8. The van der Waals surface area contributed by atoms with Crippen molar-refractivity contribution in [2.24, 2.45) is 5.73 Å². The summed E-state index contributed by atoms with van der Waals surface area (Å²) in [6, 6.07) is 14.7. The van der Waals surface area contributed by atoms with Gasteiger partial charge in [-0.2, -0.15) is 0 Å². The molecule has 0 saturated heterocycles. The first kappa shape index (κ1) is 18.7. The molecule has 2 atom stereocenters. The zero-order valence-electron chi connectivity index (χ0n) is 13.3. The maximum Gasteiger partial charge on any atom is 0.223 e. The fourth-order valence-electron chi connectivity index (χ4n) is 2.39. The Bertz CT molecular complexity index is 676. The summed E-state index contributed by atoms with van der Waals surface area (Å²) < 4.78 is 5.17. The Morgan fingerprint density at radius 3 is 2.42 bits per heavy atom. The summed E-state index contributed by atoms with van der Waals surface area (Å²) in [5.74, 6) is -0.146. The Hall–Kier alpha value is -1.59. The Labute approximate surface area is 151 Å². The van der Waals surface area contributed by atoms with Gasteiger partial charge in [0, 0.05) is 13.7 Å². The highest BCUT2D eigenvalue weighted by molar-refractivity contribution is 6.42. The minimum Gasteiger partial charge on any atom is -0.380 e. The first-order valence-corrected chi connectivity index (χ1v) is 8.33. The van der Waals surface area contributed by atoms with Crippen molar-refractivity contribution < 1.29 is 9.53 Å². The Kier molecular flexibility index (Phi) is 7.06. The van der Waals surface area contributed by atoms with Crippen molar-refractivity contribution >= 4 is 29.1 Å². The van der Waals surface area contributed by atoms with Gasteiger partial charge in [-0.1, -0.05) is 59.6 Å². The number of nitrogens with one attached hydrogen (secondary N) is 1. The summed E-state index contributed by atoms with van der Waals surface area (Å²) in [5, 5.41) is 3.94. The van der Waals surface area contributed by atoms with Crippen molar-refractivity contribution in [3.05, 3.63) is 69.7 Å². The van der Waals surface area contributed by atoms with E-state index in [1.807, 2.05) is 36.4 Å². The van der Waals surface area contributed by atoms with Crippen molar-refractivity contribution in [3.63, 3.8) is 0 Å². The SMILES string of the molecule is COC(CN)CC(=O)NC(c1ccccc1)c1ccc(Cl)c(Cl)c1. The molecule has 3 N–H and O–H groups in total. The van der Waals surface area contributed by atoms with Gasteiger partial charge in [-0.25, -0.2) is 0 Å². The normalized spacial score (nSPS) is 13.3. The van der Waals surface area contributed by atoms with Gasteiger partial charge in [0.05, 0.1) is 28.6 Å². The molecule has 2 aromatic rings. The molecule has 0 aromatic heterocycles. The molecule has 2 aromatic carbocycles. The summed E-state index contributed by atoms with van der Waals surface area (Å²) in [5.41, 5.74) is 7.39. The molecule has 128 valence electrons. The van der Waals surface area contributed by atoms with Crippen molar-refractivity contribution in [2.75, 3.05) is 13.7 Å². The van der Waals surface area contributed by atoms with Crippen LogP contribution in [-0.2, 0) is 9.53 Å². The molecule has 0 aliphatic heterocycles. The number of halogens is 2. The second kappa shape index (κ2) is 9.04. The minimum absolute atomic E-state index is 0.146. The molecule has 0 fully saturated rings. The topological polar surface area (TPSA) is 64.3 Å². The number of ether oxygens (including phenoxy) is 1. The van der Waals surface area contributed by atoms with Crippen LogP contribution in [0.3, 0.4) is 0 Å². The average Bonchev–Trinajstić information content (AvgIpc) is 2.61. The predicted octanol–water partition coefficient (Wildman–Crippen LogP) is 3.56. The summed E-state index contributed by atoms with van der Waals surface area (Å²) in [7, 11) is 1.54. The Morgan fingerprint density at radius 2 is 1.83 bits per heavy atom. The standard InChI is InChI=1S/C18H20Cl2N2O2/c1-24-14(11-21)10-17(23)22-18(12-5-3-2-4-6-12)13-7-8-15(19)16(20)9-13/h2-9,14,18H,10-11,21H2,1H3,(H,22,23). The smallest absolute Gasteiger partial charge is 0.223 e. The lowest BCUT2D eigenvalue weighted by atomic mass is 9.98. The highest BCUT2D eigenvalue weighted by Crippen LogP contribution is 2.29. The molecule has 0 saturated carbocycles. The van der Waals surface area contributed by atoms with E-state index in [1.165, 1.54) is 0 Å². The summed E-state index contributed by atoms with van der Waals surface area (Å²) in [4.78, 5) is 12.4. The number of hydrogen-bond acceptors (Lipinski definition) is 3. The molecule has 0 spiro atoms. The maximum absolute atomic E-state index is 12.4. The van der Waals surface area contributed by atoms with Gasteiger partial charge in [-0.15, -0.1) is 0 Å². The molecule has 24 heavy (non-hydrogen) atoms. The fourth-order valence-corrected chi connectivity index (χ4v) is 2.69. The van der Waals surface area contributed by atoms with Crippen LogP contribution >= 0.6 is 23.2 Å². The van der Waals surface area contributed by atoms with Crippen LogP contribution < -0.4 is 11.1 Å². The number of carbonyl (C=O) groups is 1. The molecule has 6 heteroatoms. The van der Waals surface area contributed by atoms with Gasteiger partial charge in [0.15, 0.2) is 0 Å². The number of benzene rings is 2. The van der Waals surface area contributed by atoms with E-state index in [1.54, 1.807) is 19.2 Å². The van der Waals surface area contributed by atoms with E-state index in [9.17, 15) is 4.79 Å². The largest absolute Gasteiger partial charge is 0.380 e. The lowest BCUT2D eigenvalue weighted by Gasteiger charge is -2.22. The molecule has 4 nitrogen and oxygen atoms in total. The molecular weight excluding hydrogens is 347 g/mol. The van der Waals surface area contributed by atoms with Crippen molar-refractivity contribution in [2.45, 2.75) is 18.6 Å². The average molecular weight is 367 g/mol. The lowest BCUT2D eigenvalue weighted by molar-refractivity contribution is -0.123. The highest BCUT2D eigenvalue weighted by atomic mass is 35.5. The van der Waals surface area contributed by atoms with Gasteiger partial charge in [-0.05, 0) is 23.3 Å². The Balaban J connectivity index is 2.27. The van der Waals surface area contributed by atoms with E-state index in [4.69, 9.17) is 33.7 Å². The summed E-state index contributed by atoms with van der Waals surface area (Å²) in [6.45, 7) is 0.284. The van der Waals surface area contributed by atoms with E-state index in [-0.39, 0.29) is 31.0 Å². The molecule has 0 radical (unpaired) electrons. The molecule has 0 heterocycles. The van der Waals surface area contributed by atoms with Crippen molar-refractivity contribution in [1.29, 1.82) is 0 Å². The first-order chi connectivity index (χ1) is 11.5. The highest BCUT2D eigenvalue weighted by Gasteiger charge is 2.19. The van der Waals surface area contributed by atoms with E-state index >= 15 is 0 Å². The van der Waals surface area contributed by atoms with Gasteiger partial charge in [0.25, 0.3) is 0 Å². The van der Waals surface area contributed by atoms with Gasteiger partial charge < -0.3 is 15.8 Å². The molecular formula is C18H20Cl2N2O2. The van der Waals surface area contributed by atoms with Crippen molar-refractivity contribution in [1.82, 2.24) is 5.32 Å². The van der Waals surface area contributed by atoms with E-state index in [0.717, 1.165) is 11.1 Å². The third-order valence-corrected chi connectivity index (χ3v) is 4.46. The third kappa shape index (κ3) is 4.95. The van der Waals surface area contributed by atoms with Crippen LogP contribution in [-0.4, -0.2) is 25.7 Å². The maximum atomic E-state index is 12.4. The number of rotatable bonds is 7. The fraction of sp³-hybridized carbons (Fsp3) is 0.278. The van der Waals surface area contributed by atoms with Crippen LogP contribution in [0.1, 0.15) is 23.6 Å². The first-order valence-electron chi connectivity index (χ1n) is 7.57. The number of methoxy groups -OCH3 is 1. The number of hydrogen-bond donors (Lipinski definition) is 2. The summed E-state index contributed by atoms with van der Waals surface area (Å²) >= 11 is 12.1. The van der Waals surface area contributed by atoms with Gasteiger partial charge in [0.2, 0.25) is 5.91 Å². The second-order valence-corrected chi connectivity index (χ2v) is 6.20.